The monoisotopic (exact) mass is 365 g/mol. The third-order valence-electron chi connectivity index (χ3n) is 6.18. The quantitative estimate of drug-likeness (QED) is 0.749. The molecule has 0 unspecified atom stereocenters. The van der Waals surface area contributed by atoms with E-state index in [1.807, 2.05) is 6.20 Å². The lowest BCUT2D eigenvalue weighted by atomic mass is 9.94. The van der Waals surface area contributed by atoms with Gasteiger partial charge in [0.15, 0.2) is 0 Å². The lowest BCUT2D eigenvalue weighted by molar-refractivity contribution is -0.136. The molecule has 0 saturated heterocycles. The first kappa shape index (κ1) is 18.3. The van der Waals surface area contributed by atoms with Gasteiger partial charge in [0, 0.05) is 30.9 Å². The summed E-state index contributed by atoms with van der Waals surface area (Å²) in [7, 11) is 0. The van der Waals surface area contributed by atoms with Crippen LogP contribution < -0.4 is 0 Å². The molecular weight excluding hydrogens is 334 g/mol. The number of hydrogen-bond acceptors (Lipinski definition) is 2. The summed E-state index contributed by atoms with van der Waals surface area (Å²) in [6, 6.07) is 7.00. The van der Waals surface area contributed by atoms with Crippen molar-refractivity contribution in [1.29, 1.82) is 0 Å². The maximum absolute atomic E-state index is 13.0. The first-order valence-corrected chi connectivity index (χ1v) is 10.5. The Morgan fingerprint density at radius 1 is 1.15 bits per heavy atom. The molecule has 2 saturated carbocycles. The second-order valence-corrected chi connectivity index (χ2v) is 8.43. The van der Waals surface area contributed by atoms with Crippen molar-refractivity contribution in [2.75, 3.05) is 0 Å². The maximum atomic E-state index is 13.0. The van der Waals surface area contributed by atoms with Gasteiger partial charge in [-0.05, 0) is 50.7 Å². The van der Waals surface area contributed by atoms with Crippen molar-refractivity contribution in [2.24, 2.45) is 5.92 Å². The summed E-state index contributed by atoms with van der Waals surface area (Å²) in [5.41, 5.74) is 3.91. The zero-order valence-corrected chi connectivity index (χ0v) is 16.7. The molecule has 144 valence electrons. The largest absolute Gasteiger partial charge is 0.332 e. The Morgan fingerprint density at radius 2 is 1.93 bits per heavy atom. The number of carbonyl (C=O) groups excluding carboxylic acids is 1. The van der Waals surface area contributed by atoms with Gasteiger partial charge in [0.1, 0.15) is 5.82 Å². The van der Waals surface area contributed by atoms with Crippen LogP contribution in [0.25, 0.3) is 0 Å². The molecule has 0 atom stereocenters. The number of aromatic nitrogens is 2. The van der Waals surface area contributed by atoms with E-state index in [9.17, 15) is 4.79 Å². The summed E-state index contributed by atoms with van der Waals surface area (Å²) >= 11 is 0. The Bertz CT molecular complexity index is 800. The van der Waals surface area contributed by atoms with Gasteiger partial charge in [0.2, 0.25) is 5.91 Å². The number of aryl methyl sites for hydroxylation is 2. The molecule has 0 bridgehead atoms. The number of imidazole rings is 1. The molecule has 0 aliphatic heterocycles. The van der Waals surface area contributed by atoms with E-state index in [0.29, 0.717) is 18.5 Å². The molecular formula is C23H31N3O. The Hall–Kier alpha value is -2.10. The summed E-state index contributed by atoms with van der Waals surface area (Å²) in [4.78, 5) is 19.8. The van der Waals surface area contributed by atoms with E-state index in [-0.39, 0.29) is 5.92 Å². The van der Waals surface area contributed by atoms with E-state index in [1.54, 1.807) is 0 Å². The van der Waals surface area contributed by atoms with Crippen molar-refractivity contribution in [3.63, 3.8) is 0 Å². The highest BCUT2D eigenvalue weighted by molar-refractivity contribution is 5.81. The van der Waals surface area contributed by atoms with Gasteiger partial charge in [-0.15, -0.1) is 0 Å². The van der Waals surface area contributed by atoms with Gasteiger partial charge in [-0.3, -0.25) is 4.79 Å². The Morgan fingerprint density at radius 3 is 2.67 bits per heavy atom. The highest BCUT2D eigenvalue weighted by atomic mass is 16.2. The van der Waals surface area contributed by atoms with Gasteiger partial charge in [-0.1, -0.05) is 43.0 Å². The predicted octanol–water partition coefficient (Wildman–Crippen LogP) is 4.62. The third-order valence-corrected chi connectivity index (χ3v) is 6.18. The first-order valence-electron chi connectivity index (χ1n) is 10.5. The fourth-order valence-electron chi connectivity index (χ4n) is 4.29. The molecule has 2 fully saturated rings. The van der Waals surface area contributed by atoms with Crippen molar-refractivity contribution < 1.29 is 4.79 Å². The van der Waals surface area contributed by atoms with Crippen LogP contribution in [-0.4, -0.2) is 26.4 Å². The zero-order valence-electron chi connectivity index (χ0n) is 16.7. The number of rotatable bonds is 6. The molecule has 1 amide bonds. The topological polar surface area (TPSA) is 38.1 Å². The first-order chi connectivity index (χ1) is 13.1. The van der Waals surface area contributed by atoms with Gasteiger partial charge in [0.25, 0.3) is 0 Å². The van der Waals surface area contributed by atoms with Gasteiger partial charge in [-0.2, -0.15) is 0 Å². The van der Waals surface area contributed by atoms with E-state index >= 15 is 0 Å². The van der Waals surface area contributed by atoms with Crippen molar-refractivity contribution >= 4 is 5.91 Å². The summed E-state index contributed by atoms with van der Waals surface area (Å²) < 4.78 is 2.22. The number of nitrogens with zero attached hydrogens (tertiary/aromatic N) is 3. The van der Waals surface area contributed by atoms with E-state index in [0.717, 1.165) is 38.1 Å². The number of benzene rings is 1. The van der Waals surface area contributed by atoms with E-state index in [1.165, 1.54) is 36.0 Å². The molecule has 4 heteroatoms. The molecule has 4 rings (SSSR count). The van der Waals surface area contributed by atoms with Crippen LogP contribution in [0.4, 0.5) is 0 Å². The van der Waals surface area contributed by atoms with Crippen LogP contribution in [-0.2, 0) is 17.9 Å². The molecule has 1 aromatic carbocycles. The maximum Gasteiger partial charge on any atom is 0.226 e. The standard InChI is InChI=1S/C23H31N3O/c1-17-8-9-18(2)20(14-17)15-25-13-12-24-22(25)16-26(23(27)19-10-11-19)21-6-4-3-5-7-21/h8-9,12-14,19,21H,3-7,10-11,15-16H2,1-2H3. The van der Waals surface area contributed by atoms with E-state index in [4.69, 9.17) is 0 Å². The lowest BCUT2D eigenvalue weighted by Crippen LogP contribution is -2.42. The van der Waals surface area contributed by atoms with Crippen LogP contribution in [0.1, 0.15) is 67.5 Å². The summed E-state index contributed by atoms with van der Waals surface area (Å²) in [5, 5.41) is 0. The van der Waals surface area contributed by atoms with Gasteiger partial charge >= 0.3 is 0 Å². The second-order valence-electron chi connectivity index (χ2n) is 8.43. The second kappa shape index (κ2) is 7.87. The van der Waals surface area contributed by atoms with E-state index < -0.39 is 0 Å². The highest BCUT2D eigenvalue weighted by Gasteiger charge is 2.37. The average molecular weight is 366 g/mol. The molecule has 0 radical (unpaired) electrons. The number of amides is 1. The van der Waals surface area contributed by atoms with Crippen molar-refractivity contribution in [2.45, 2.75) is 77.9 Å². The summed E-state index contributed by atoms with van der Waals surface area (Å²) in [5.74, 6) is 1.65. The van der Waals surface area contributed by atoms with Crippen LogP contribution >= 0.6 is 0 Å². The molecule has 27 heavy (non-hydrogen) atoms. The Balaban J connectivity index is 1.54. The predicted molar refractivity (Wildman–Crippen MR) is 107 cm³/mol. The minimum atomic E-state index is 0.273. The van der Waals surface area contributed by atoms with Crippen LogP contribution in [0.3, 0.4) is 0 Å². The molecule has 0 N–H and O–H groups in total. The SMILES string of the molecule is Cc1ccc(C)c(Cn2ccnc2CN(C(=O)C2CC2)C2CCCCC2)c1. The highest BCUT2D eigenvalue weighted by Crippen LogP contribution is 2.34. The van der Waals surface area contributed by atoms with Crippen molar-refractivity contribution in [3.8, 4) is 0 Å². The Kier molecular flexibility index (Phi) is 5.33. The third kappa shape index (κ3) is 4.26. The fourth-order valence-corrected chi connectivity index (χ4v) is 4.29. The fraction of sp³-hybridized carbons (Fsp3) is 0.565. The lowest BCUT2D eigenvalue weighted by Gasteiger charge is -2.34. The van der Waals surface area contributed by atoms with Gasteiger partial charge < -0.3 is 9.47 Å². The number of hydrogen-bond donors (Lipinski definition) is 0. The number of carbonyl (C=O) groups is 1. The zero-order chi connectivity index (χ0) is 18.8. The van der Waals surface area contributed by atoms with Crippen molar-refractivity contribution in [1.82, 2.24) is 14.5 Å². The molecule has 0 spiro atoms. The minimum Gasteiger partial charge on any atom is -0.332 e. The molecule has 1 aromatic heterocycles. The van der Waals surface area contributed by atoms with Crippen LogP contribution in [0, 0.1) is 19.8 Å². The molecule has 2 aliphatic carbocycles. The van der Waals surface area contributed by atoms with Crippen molar-refractivity contribution in [3.05, 3.63) is 53.1 Å². The molecule has 2 aromatic rings. The normalized spacial score (nSPS) is 17.9. The van der Waals surface area contributed by atoms with Crippen LogP contribution in [0.15, 0.2) is 30.6 Å². The molecule has 4 nitrogen and oxygen atoms in total. The summed E-state index contributed by atoms with van der Waals surface area (Å²) in [6.07, 6.45) is 12.2. The molecule has 1 heterocycles. The smallest absolute Gasteiger partial charge is 0.226 e. The molecule has 2 aliphatic rings. The summed E-state index contributed by atoms with van der Waals surface area (Å²) in [6.45, 7) is 5.77. The van der Waals surface area contributed by atoms with Gasteiger partial charge in [-0.25, -0.2) is 4.98 Å². The van der Waals surface area contributed by atoms with Crippen LogP contribution in [0.2, 0.25) is 0 Å². The van der Waals surface area contributed by atoms with Gasteiger partial charge in [0.05, 0.1) is 6.54 Å². The van der Waals surface area contributed by atoms with Crippen LogP contribution in [0.5, 0.6) is 0 Å². The Labute approximate surface area is 162 Å². The minimum absolute atomic E-state index is 0.273. The average Bonchev–Trinajstić information content (AvgIpc) is 3.44. The van der Waals surface area contributed by atoms with E-state index in [2.05, 4.69) is 52.7 Å².